The largest absolute Gasteiger partial charge is 0.378 e. The number of rotatable bonds is 5. The average molecular weight is 362 g/mol. The van der Waals surface area contributed by atoms with E-state index < -0.39 is 9.85 Å². The zero-order chi connectivity index (χ0) is 19.1. The Labute approximate surface area is 150 Å². The van der Waals surface area contributed by atoms with E-state index in [2.05, 4.69) is 24.4 Å². The van der Waals surface area contributed by atoms with Crippen molar-refractivity contribution in [3.63, 3.8) is 0 Å². The summed E-state index contributed by atoms with van der Waals surface area (Å²) >= 11 is 0. The molecule has 0 heterocycles. The lowest BCUT2D eigenvalue weighted by Gasteiger charge is -2.31. The standard InChI is InChI=1S/C17H22N4O5/c1-10-11-6-12(17(2,9-11)26-3)7-15(10)19-18-14-5-4-13(20(22)23)8-16(14)21(24)25/h4-5,8,10-12,18H,6-7,9H2,1-3H3/t10-,11+,12+,17+/m0/s1. The first-order valence-electron chi connectivity index (χ1n) is 8.55. The molecule has 2 aliphatic carbocycles. The van der Waals surface area contributed by atoms with Crippen LogP contribution < -0.4 is 5.43 Å². The molecule has 2 aliphatic rings. The SMILES string of the molecule is CO[C@]1(C)C[C@H]2C[C@@H]1CC(=NNc1ccc([N+](=O)[O-])cc1[N+](=O)[O-])[C@H]2C. The highest BCUT2D eigenvalue weighted by Gasteiger charge is 2.50. The van der Waals surface area contributed by atoms with Gasteiger partial charge >= 0.3 is 5.69 Å². The number of nitrogens with one attached hydrogen (secondary N) is 1. The summed E-state index contributed by atoms with van der Waals surface area (Å²) in [5.41, 5.74) is 3.02. The number of non-ortho nitro benzene ring substituents is 1. The van der Waals surface area contributed by atoms with Crippen LogP contribution in [-0.2, 0) is 4.74 Å². The molecule has 2 saturated carbocycles. The Balaban J connectivity index is 1.84. The van der Waals surface area contributed by atoms with E-state index in [4.69, 9.17) is 4.74 Å². The highest BCUT2D eigenvalue weighted by Crippen LogP contribution is 2.51. The number of fused-ring (bicyclic) bond motifs is 2. The van der Waals surface area contributed by atoms with Gasteiger partial charge in [0.2, 0.25) is 0 Å². The van der Waals surface area contributed by atoms with Crippen LogP contribution in [0.15, 0.2) is 23.3 Å². The Bertz CT molecular complexity index is 780. The second-order valence-corrected chi connectivity index (χ2v) is 7.34. The summed E-state index contributed by atoms with van der Waals surface area (Å²) in [6, 6.07) is 3.49. The van der Waals surface area contributed by atoms with E-state index in [1.54, 1.807) is 7.11 Å². The van der Waals surface area contributed by atoms with Crippen LogP contribution in [-0.4, -0.2) is 28.3 Å². The van der Waals surface area contributed by atoms with E-state index in [9.17, 15) is 20.2 Å². The van der Waals surface area contributed by atoms with Crippen molar-refractivity contribution in [2.75, 3.05) is 12.5 Å². The molecular formula is C17H22N4O5. The fourth-order valence-corrected chi connectivity index (χ4v) is 4.18. The molecule has 0 aromatic heterocycles. The van der Waals surface area contributed by atoms with E-state index in [-0.39, 0.29) is 28.6 Å². The lowest BCUT2D eigenvalue weighted by molar-refractivity contribution is -0.393. The Morgan fingerprint density at radius 1 is 1.31 bits per heavy atom. The first-order valence-corrected chi connectivity index (χ1v) is 8.55. The summed E-state index contributed by atoms with van der Waals surface area (Å²) in [4.78, 5) is 20.8. The van der Waals surface area contributed by atoms with Gasteiger partial charge in [0.25, 0.3) is 5.69 Å². The number of nitro groups is 2. The van der Waals surface area contributed by atoms with E-state index in [1.165, 1.54) is 12.1 Å². The molecule has 0 unspecified atom stereocenters. The maximum absolute atomic E-state index is 11.2. The van der Waals surface area contributed by atoms with Crippen LogP contribution in [0, 0.1) is 38.0 Å². The topological polar surface area (TPSA) is 120 Å². The summed E-state index contributed by atoms with van der Waals surface area (Å²) < 4.78 is 5.73. The molecule has 1 aromatic rings. The number of ether oxygens (including phenoxy) is 1. The number of benzene rings is 1. The minimum atomic E-state index is -0.658. The monoisotopic (exact) mass is 362 g/mol. The molecule has 1 aromatic carbocycles. The molecular weight excluding hydrogens is 340 g/mol. The molecule has 0 aliphatic heterocycles. The number of hydrazone groups is 1. The minimum Gasteiger partial charge on any atom is -0.378 e. The molecule has 4 atom stereocenters. The fourth-order valence-electron chi connectivity index (χ4n) is 4.18. The van der Waals surface area contributed by atoms with Crippen LogP contribution in [0.5, 0.6) is 0 Å². The Kier molecular flexibility index (Phi) is 4.66. The van der Waals surface area contributed by atoms with Gasteiger partial charge in [-0.25, -0.2) is 0 Å². The van der Waals surface area contributed by atoms with Gasteiger partial charge in [-0.2, -0.15) is 5.10 Å². The van der Waals surface area contributed by atoms with E-state index in [0.29, 0.717) is 11.8 Å². The van der Waals surface area contributed by atoms with Crippen molar-refractivity contribution in [3.05, 3.63) is 38.4 Å². The molecule has 0 saturated heterocycles. The second-order valence-electron chi connectivity index (χ2n) is 7.34. The summed E-state index contributed by atoms with van der Waals surface area (Å²) in [5, 5.41) is 26.5. The smallest absolute Gasteiger partial charge is 0.301 e. The summed E-state index contributed by atoms with van der Waals surface area (Å²) in [6.45, 7) is 4.25. The summed E-state index contributed by atoms with van der Waals surface area (Å²) in [5.74, 6) is 1.11. The van der Waals surface area contributed by atoms with Gasteiger partial charge in [-0.15, -0.1) is 0 Å². The molecule has 0 amide bonds. The number of nitro benzene ring substituents is 2. The van der Waals surface area contributed by atoms with Crippen molar-refractivity contribution >= 4 is 22.8 Å². The van der Waals surface area contributed by atoms with Crippen molar-refractivity contribution in [2.45, 2.75) is 38.7 Å². The number of hydrogen-bond acceptors (Lipinski definition) is 7. The average Bonchev–Trinajstić information content (AvgIpc) is 2.90. The maximum Gasteiger partial charge on any atom is 0.301 e. The molecule has 1 N–H and O–H groups in total. The normalized spacial score (nSPS) is 31.8. The van der Waals surface area contributed by atoms with Crippen LogP contribution >= 0.6 is 0 Å². The third-order valence-corrected chi connectivity index (χ3v) is 5.98. The van der Waals surface area contributed by atoms with Crippen LogP contribution in [0.4, 0.5) is 17.1 Å². The van der Waals surface area contributed by atoms with Gasteiger partial charge in [0, 0.05) is 18.9 Å². The Morgan fingerprint density at radius 2 is 2.04 bits per heavy atom. The number of anilines is 1. The Hall–Kier alpha value is -2.55. The molecule has 26 heavy (non-hydrogen) atoms. The summed E-state index contributed by atoms with van der Waals surface area (Å²) in [7, 11) is 1.74. The number of methoxy groups -OCH3 is 1. The van der Waals surface area contributed by atoms with Gasteiger partial charge < -0.3 is 4.74 Å². The predicted molar refractivity (Wildman–Crippen MR) is 96.2 cm³/mol. The summed E-state index contributed by atoms with van der Waals surface area (Å²) in [6.07, 6.45) is 2.85. The lowest BCUT2D eigenvalue weighted by Crippen LogP contribution is -2.33. The lowest BCUT2D eigenvalue weighted by atomic mass is 9.78. The third-order valence-electron chi connectivity index (χ3n) is 5.98. The predicted octanol–water partition coefficient (Wildman–Crippen LogP) is 3.74. The van der Waals surface area contributed by atoms with Crippen molar-refractivity contribution in [2.24, 2.45) is 22.9 Å². The Morgan fingerprint density at radius 3 is 2.65 bits per heavy atom. The highest BCUT2D eigenvalue weighted by atomic mass is 16.6. The van der Waals surface area contributed by atoms with Crippen LogP contribution in [0.1, 0.15) is 33.1 Å². The van der Waals surface area contributed by atoms with Gasteiger partial charge in [-0.05, 0) is 50.0 Å². The molecule has 0 radical (unpaired) electrons. The van der Waals surface area contributed by atoms with Crippen molar-refractivity contribution < 1.29 is 14.6 Å². The van der Waals surface area contributed by atoms with E-state index >= 15 is 0 Å². The van der Waals surface area contributed by atoms with Crippen molar-refractivity contribution in [1.82, 2.24) is 0 Å². The molecule has 3 rings (SSSR count). The zero-order valence-corrected chi connectivity index (χ0v) is 15.0. The van der Waals surface area contributed by atoms with Gasteiger partial charge in [0.05, 0.1) is 21.5 Å². The molecule has 0 spiro atoms. The highest BCUT2D eigenvalue weighted by molar-refractivity contribution is 5.89. The second kappa shape index (κ2) is 6.64. The third kappa shape index (κ3) is 3.14. The minimum absolute atomic E-state index is 0.146. The number of hydrogen-bond donors (Lipinski definition) is 1. The zero-order valence-electron chi connectivity index (χ0n) is 15.0. The molecule has 9 nitrogen and oxygen atoms in total. The van der Waals surface area contributed by atoms with Crippen molar-refractivity contribution in [1.29, 1.82) is 0 Å². The fraction of sp³-hybridized carbons (Fsp3) is 0.588. The quantitative estimate of drug-likeness (QED) is 0.629. The molecule has 9 heteroatoms. The van der Waals surface area contributed by atoms with Gasteiger partial charge in [-0.1, -0.05) is 6.92 Å². The van der Waals surface area contributed by atoms with E-state index in [1.807, 2.05) is 0 Å². The molecule has 2 bridgehead atoms. The van der Waals surface area contributed by atoms with Crippen molar-refractivity contribution in [3.8, 4) is 0 Å². The number of nitrogens with zero attached hydrogens (tertiary/aromatic N) is 3. The first kappa shape index (κ1) is 18.2. The molecule has 2 fully saturated rings. The van der Waals surface area contributed by atoms with Crippen LogP contribution in [0.3, 0.4) is 0 Å². The van der Waals surface area contributed by atoms with Gasteiger partial charge in [0.15, 0.2) is 0 Å². The molecule has 140 valence electrons. The first-order chi connectivity index (χ1) is 12.2. The van der Waals surface area contributed by atoms with Crippen LogP contribution in [0.25, 0.3) is 0 Å². The van der Waals surface area contributed by atoms with E-state index in [0.717, 1.165) is 31.0 Å². The maximum atomic E-state index is 11.2. The van der Waals surface area contributed by atoms with Gasteiger partial charge in [-0.3, -0.25) is 25.7 Å². The van der Waals surface area contributed by atoms with Gasteiger partial charge in [0.1, 0.15) is 5.69 Å². The van der Waals surface area contributed by atoms with Crippen LogP contribution in [0.2, 0.25) is 0 Å².